The van der Waals surface area contributed by atoms with Gasteiger partial charge in [-0.05, 0) is 23.3 Å². The van der Waals surface area contributed by atoms with Gasteiger partial charge >= 0.3 is 0 Å². The summed E-state index contributed by atoms with van der Waals surface area (Å²) in [5.41, 5.74) is 2.04. The molecule has 0 aliphatic heterocycles. The lowest BCUT2D eigenvalue weighted by molar-refractivity contribution is 0.243. The summed E-state index contributed by atoms with van der Waals surface area (Å²) >= 11 is 0. The highest BCUT2D eigenvalue weighted by atomic mass is 19.1. The van der Waals surface area contributed by atoms with Crippen LogP contribution in [-0.4, -0.2) is 11.7 Å². The zero-order valence-corrected chi connectivity index (χ0v) is 10.0. The summed E-state index contributed by atoms with van der Waals surface area (Å²) in [6.07, 6.45) is 0. The minimum Gasteiger partial charge on any atom is -0.394 e. The van der Waals surface area contributed by atoms with Crippen LogP contribution in [0.25, 0.3) is 0 Å². The molecule has 3 heteroatoms. The molecule has 0 aromatic heterocycles. The van der Waals surface area contributed by atoms with Gasteiger partial charge in [-0.2, -0.15) is 0 Å². The Labute approximate surface area is 106 Å². The van der Waals surface area contributed by atoms with E-state index in [9.17, 15) is 9.50 Å². The zero-order valence-electron chi connectivity index (χ0n) is 10.0. The average molecular weight is 245 g/mol. The maximum Gasteiger partial charge on any atom is 0.123 e. The highest BCUT2D eigenvalue weighted by molar-refractivity contribution is 5.21. The first kappa shape index (κ1) is 12.7. The fourth-order valence-corrected chi connectivity index (χ4v) is 1.82. The van der Waals surface area contributed by atoms with Crippen LogP contribution in [0.5, 0.6) is 0 Å². The van der Waals surface area contributed by atoms with Gasteiger partial charge in [0.25, 0.3) is 0 Å². The van der Waals surface area contributed by atoms with E-state index in [0.717, 1.165) is 11.1 Å². The summed E-state index contributed by atoms with van der Waals surface area (Å²) in [6.45, 7) is 0.655. The lowest BCUT2D eigenvalue weighted by Gasteiger charge is -2.16. The van der Waals surface area contributed by atoms with Crippen LogP contribution in [0.4, 0.5) is 4.39 Å². The fourth-order valence-electron chi connectivity index (χ4n) is 1.82. The van der Waals surface area contributed by atoms with Crippen molar-refractivity contribution in [2.75, 3.05) is 6.61 Å². The highest BCUT2D eigenvalue weighted by Gasteiger charge is 2.09. The molecule has 0 amide bonds. The van der Waals surface area contributed by atoms with Crippen molar-refractivity contribution < 1.29 is 9.50 Å². The van der Waals surface area contributed by atoms with E-state index in [2.05, 4.69) is 5.32 Å². The molecular weight excluding hydrogens is 229 g/mol. The lowest BCUT2D eigenvalue weighted by Crippen LogP contribution is -2.23. The molecule has 0 heterocycles. The van der Waals surface area contributed by atoms with Gasteiger partial charge in [0.05, 0.1) is 12.6 Å². The normalized spacial score (nSPS) is 12.3. The minimum atomic E-state index is -0.265. The quantitative estimate of drug-likeness (QED) is 0.848. The first-order valence-corrected chi connectivity index (χ1v) is 5.93. The number of rotatable bonds is 5. The van der Waals surface area contributed by atoms with Gasteiger partial charge in [-0.1, -0.05) is 42.5 Å². The molecule has 2 nitrogen and oxygen atoms in total. The van der Waals surface area contributed by atoms with Crippen LogP contribution in [0.3, 0.4) is 0 Å². The molecule has 2 aromatic rings. The first-order chi connectivity index (χ1) is 8.79. The number of aliphatic hydroxyl groups excluding tert-OH is 1. The average Bonchev–Trinajstić information content (AvgIpc) is 2.42. The molecular formula is C15H16FNO. The Bertz CT molecular complexity index is 470. The second-order valence-corrected chi connectivity index (χ2v) is 4.15. The zero-order chi connectivity index (χ0) is 12.8. The van der Waals surface area contributed by atoms with Crippen molar-refractivity contribution in [2.24, 2.45) is 0 Å². The number of hydrogen-bond donors (Lipinski definition) is 2. The molecule has 0 spiro atoms. The second kappa shape index (κ2) is 6.28. The van der Waals surface area contributed by atoms with Gasteiger partial charge in [0.2, 0.25) is 0 Å². The molecule has 94 valence electrons. The third kappa shape index (κ3) is 3.39. The molecule has 0 radical (unpaired) electrons. The van der Waals surface area contributed by atoms with Crippen molar-refractivity contribution in [1.29, 1.82) is 0 Å². The van der Waals surface area contributed by atoms with E-state index < -0.39 is 0 Å². The molecule has 0 aliphatic rings. The maximum absolute atomic E-state index is 12.8. The van der Waals surface area contributed by atoms with E-state index in [1.807, 2.05) is 30.3 Å². The van der Waals surface area contributed by atoms with Crippen LogP contribution in [0.1, 0.15) is 17.2 Å². The standard InChI is InChI=1S/C15H16FNO/c16-14-8-6-13(7-9-14)15(11-18)17-10-12-4-2-1-3-5-12/h1-9,15,17-18H,10-11H2/t15-/m1/s1. The predicted octanol–water partition coefficient (Wildman–Crippen LogP) is 2.65. The number of halogens is 1. The SMILES string of the molecule is OC[C@@H](NCc1ccccc1)c1ccc(F)cc1. The molecule has 0 fully saturated rings. The number of benzene rings is 2. The summed E-state index contributed by atoms with van der Waals surface area (Å²) in [5.74, 6) is -0.265. The number of hydrogen-bond acceptors (Lipinski definition) is 2. The summed E-state index contributed by atoms with van der Waals surface area (Å²) in [5, 5.41) is 12.6. The third-order valence-electron chi connectivity index (χ3n) is 2.85. The van der Waals surface area contributed by atoms with Crippen LogP contribution >= 0.6 is 0 Å². The maximum atomic E-state index is 12.8. The van der Waals surface area contributed by atoms with E-state index in [0.29, 0.717) is 6.54 Å². The number of nitrogens with one attached hydrogen (secondary N) is 1. The van der Waals surface area contributed by atoms with E-state index in [1.165, 1.54) is 12.1 Å². The Hall–Kier alpha value is -1.71. The fraction of sp³-hybridized carbons (Fsp3) is 0.200. The Morgan fingerprint density at radius 3 is 2.28 bits per heavy atom. The van der Waals surface area contributed by atoms with Crippen molar-refractivity contribution in [3.05, 3.63) is 71.5 Å². The largest absolute Gasteiger partial charge is 0.394 e. The topological polar surface area (TPSA) is 32.3 Å². The molecule has 0 aliphatic carbocycles. The first-order valence-electron chi connectivity index (χ1n) is 5.93. The van der Waals surface area contributed by atoms with Crippen molar-refractivity contribution in [3.8, 4) is 0 Å². The Balaban J connectivity index is 1.99. The monoisotopic (exact) mass is 245 g/mol. The van der Waals surface area contributed by atoms with Crippen LogP contribution in [0.2, 0.25) is 0 Å². The molecule has 0 bridgehead atoms. The van der Waals surface area contributed by atoms with E-state index >= 15 is 0 Å². The molecule has 0 saturated heterocycles. The molecule has 1 atom stereocenters. The van der Waals surface area contributed by atoms with Gasteiger partial charge in [0, 0.05) is 6.54 Å². The molecule has 2 aromatic carbocycles. The second-order valence-electron chi connectivity index (χ2n) is 4.15. The smallest absolute Gasteiger partial charge is 0.123 e. The summed E-state index contributed by atoms with van der Waals surface area (Å²) < 4.78 is 12.8. The number of aliphatic hydroxyl groups is 1. The molecule has 18 heavy (non-hydrogen) atoms. The Kier molecular flexibility index (Phi) is 4.45. The van der Waals surface area contributed by atoms with Gasteiger partial charge in [-0.15, -0.1) is 0 Å². The Morgan fingerprint density at radius 1 is 1.00 bits per heavy atom. The van der Waals surface area contributed by atoms with Crippen molar-refractivity contribution >= 4 is 0 Å². The summed E-state index contributed by atoms with van der Waals surface area (Å²) in [7, 11) is 0. The molecule has 0 saturated carbocycles. The van der Waals surface area contributed by atoms with Crippen LogP contribution in [0, 0.1) is 5.82 Å². The van der Waals surface area contributed by atoms with Gasteiger partial charge in [0.1, 0.15) is 5.82 Å². The predicted molar refractivity (Wildman–Crippen MR) is 69.5 cm³/mol. The Morgan fingerprint density at radius 2 is 1.67 bits per heavy atom. The van der Waals surface area contributed by atoms with Gasteiger partial charge in [-0.25, -0.2) is 4.39 Å². The van der Waals surface area contributed by atoms with E-state index in [-0.39, 0.29) is 18.5 Å². The summed E-state index contributed by atoms with van der Waals surface area (Å²) in [6, 6.07) is 16.0. The van der Waals surface area contributed by atoms with Crippen LogP contribution in [0.15, 0.2) is 54.6 Å². The summed E-state index contributed by atoms with van der Waals surface area (Å²) in [4.78, 5) is 0. The van der Waals surface area contributed by atoms with Gasteiger partial charge in [-0.3, -0.25) is 0 Å². The van der Waals surface area contributed by atoms with E-state index in [4.69, 9.17) is 0 Å². The van der Waals surface area contributed by atoms with Crippen molar-refractivity contribution in [3.63, 3.8) is 0 Å². The van der Waals surface area contributed by atoms with Gasteiger partial charge < -0.3 is 10.4 Å². The van der Waals surface area contributed by atoms with Crippen LogP contribution < -0.4 is 5.32 Å². The third-order valence-corrected chi connectivity index (χ3v) is 2.85. The minimum absolute atomic E-state index is 0.0154. The van der Waals surface area contributed by atoms with Crippen molar-refractivity contribution in [2.45, 2.75) is 12.6 Å². The molecule has 2 rings (SSSR count). The van der Waals surface area contributed by atoms with E-state index in [1.54, 1.807) is 12.1 Å². The molecule has 0 unspecified atom stereocenters. The van der Waals surface area contributed by atoms with Crippen LogP contribution in [-0.2, 0) is 6.54 Å². The van der Waals surface area contributed by atoms with Gasteiger partial charge in [0.15, 0.2) is 0 Å². The molecule has 2 N–H and O–H groups in total. The van der Waals surface area contributed by atoms with Crippen molar-refractivity contribution in [1.82, 2.24) is 5.32 Å². The highest BCUT2D eigenvalue weighted by Crippen LogP contribution is 2.14. The lowest BCUT2D eigenvalue weighted by atomic mass is 10.1.